The number of benzene rings is 4. The number of sulfone groups is 1. The maximum atomic E-state index is 15.4. The first kappa shape index (κ1) is 40.1. The molecule has 12 nitrogen and oxygen atoms in total. The molecule has 53 heavy (non-hydrogen) atoms. The highest BCUT2D eigenvalue weighted by Crippen LogP contribution is 2.44. The van der Waals surface area contributed by atoms with Gasteiger partial charge in [-0.3, -0.25) is 0 Å². The predicted molar refractivity (Wildman–Crippen MR) is 210 cm³/mol. The van der Waals surface area contributed by atoms with E-state index in [1.807, 2.05) is 0 Å². The first-order valence-electron chi connectivity index (χ1n) is 16.5. The Morgan fingerprint density at radius 1 is 0.472 bits per heavy atom. The second kappa shape index (κ2) is 18.2. The summed E-state index contributed by atoms with van der Waals surface area (Å²) in [5.41, 5.74) is 3.25. The van der Waals surface area contributed by atoms with E-state index in [1.165, 1.54) is 28.4 Å². The summed E-state index contributed by atoms with van der Waals surface area (Å²) in [6.45, 7) is 0. The number of hydrogen-bond donors (Lipinski definition) is 2. The van der Waals surface area contributed by atoms with E-state index in [0.29, 0.717) is 79.6 Å². The van der Waals surface area contributed by atoms with Crippen LogP contribution >= 0.6 is 0 Å². The zero-order valence-electron chi connectivity index (χ0n) is 31.7. The highest BCUT2D eigenvalue weighted by Gasteiger charge is 2.35. The van der Waals surface area contributed by atoms with Crippen molar-refractivity contribution in [1.82, 2.24) is 0 Å². The van der Waals surface area contributed by atoms with Gasteiger partial charge in [0.15, 0.2) is 9.84 Å². The van der Waals surface area contributed by atoms with E-state index in [-0.39, 0.29) is 0 Å². The molecule has 0 saturated carbocycles. The highest BCUT2D eigenvalue weighted by molar-refractivity contribution is 7.92. The van der Waals surface area contributed by atoms with E-state index in [0.717, 1.165) is 0 Å². The fourth-order valence-corrected chi connectivity index (χ4v) is 7.90. The maximum absolute atomic E-state index is 15.4. The summed E-state index contributed by atoms with van der Waals surface area (Å²) < 4.78 is 75.5. The molecule has 4 aromatic rings. The van der Waals surface area contributed by atoms with Gasteiger partial charge in [-0.25, -0.2) is 8.42 Å². The Morgan fingerprint density at radius 3 is 1.06 bits per heavy atom. The first-order valence-corrected chi connectivity index (χ1v) is 18.1. The van der Waals surface area contributed by atoms with E-state index >= 15 is 8.42 Å². The second-order valence-corrected chi connectivity index (χ2v) is 13.7. The Labute approximate surface area is 312 Å². The zero-order valence-corrected chi connectivity index (χ0v) is 32.5. The molecule has 0 heterocycles. The van der Waals surface area contributed by atoms with Crippen LogP contribution in [0.5, 0.6) is 46.0 Å². The maximum Gasteiger partial charge on any atom is 0.171 e. The third-order valence-corrected chi connectivity index (χ3v) is 11.0. The van der Waals surface area contributed by atoms with Crippen molar-refractivity contribution < 1.29 is 46.3 Å². The van der Waals surface area contributed by atoms with Gasteiger partial charge < -0.3 is 48.5 Å². The third-order valence-electron chi connectivity index (χ3n) is 8.73. The van der Waals surface area contributed by atoms with Crippen molar-refractivity contribution in [3.63, 3.8) is 0 Å². The third kappa shape index (κ3) is 8.69. The SMILES string of the molecule is CNc1cc(C(/C=C/c2c(OC)cc(OC)cc2OC)S(=O)(=O)C(/C=C/c2c(OC)cc(OC)cc2OC)c2ccc(OC)c(NC)c2)ccc1OC. The smallest absolute Gasteiger partial charge is 0.171 e. The highest BCUT2D eigenvalue weighted by atomic mass is 32.2. The normalized spacial score (nSPS) is 12.6. The topological polar surface area (TPSA) is 132 Å². The molecule has 0 aliphatic carbocycles. The van der Waals surface area contributed by atoms with Gasteiger partial charge in [0.2, 0.25) is 0 Å². The summed E-state index contributed by atoms with van der Waals surface area (Å²) in [4.78, 5) is 0. The lowest BCUT2D eigenvalue weighted by atomic mass is 10.1. The van der Waals surface area contributed by atoms with Crippen molar-refractivity contribution in [1.29, 1.82) is 0 Å². The minimum absolute atomic E-state index is 0.434. The average Bonchev–Trinajstić information content (AvgIpc) is 3.19. The number of nitrogens with one attached hydrogen (secondary N) is 2. The van der Waals surface area contributed by atoms with Gasteiger partial charge in [-0.15, -0.1) is 0 Å². The Morgan fingerprint density at radius 2 is 0.792 bits per heavy atom. The largest absolute Gasteiger partial charge is 0.496 e. The van der Waals surface area contributed by atoms with Crippen LogP contribution in [0.3, 0.4) is 0 Å². The summed E-state index contributed by atoms with van der Waals surface area (Å²) >= 11 is 0. The summed E-state index contributed by atoms with van der Waals surface area (Å²) in [5, 5.41) is 3.82. The van der Waals surface area contributed by atoms with Crippen LogP contribution in [0.25, 0.3) is 12.2 Å². The fourth-order valence-electron chi connectivity index (χ4n) is 5.94. The van der Waals surface area contributed by atoms with Crippen LogP contribution in [0.4, 0.5) is 11.4 Å². The number of rotatable bonds is 18. The van der Waals surface area contributed by atoms with Gasteiger partial charge in [-0.05, 0) is 47.5 Å². The number of ether oxygens (including phenoxy) is 8. The molecule has 0 saturated heterocycles. The molecule has 284 valence electrons. The molecule has 2 atom stereocenters. The Hall–Kier alpha value is -5.69. The number of methoxy groups -OCH3 is 8. The molecule has 0 fully saturated rings. The van der Waals surface area contributed by atoms with Crippen LogP contribution in [0.15, 0.2) is 72.8 Å². The van der Waals surface area contributed by atoms with Gasteiger partial charge in [-0.2, -0.15) is 0 Å². The first-order chi connectivity index (χ1) is 25.6. The van der Waals surface area contributed by atoms with Crippen LogP contribution in [0.2, 0.25) is 0 Å². The minimum Gasteiger partial charge on any atom is -0.496 e. The quantitative estimate of drug-likeness (QED) is 0.105. The summed E-state index contributed by atoms with van der Waals surface area (Å²) in [7, 11) is 11.5. The van der Waals surface area contributed by atoms with Gasteiger partial charge in [0.25, 0.3) is 0 Å². The van der Waals surface area contributed by atoms with Crippen molar-refractivity contribution in [3.8, 4) is 46.0 Å². The van der Waals surface area contributed by atoms with E-state index in [4.69, 9.17) is 37.9 Å². The van der Waals surface area contributed by atoms with Crippen LogP contribution in [0.1, 0.15) is 32.8 Å². The molecule has 2 N–H and O–H groups in total. The Kier molecular flexibility index (Phi) is 13.8. The van der Waals surface area contributed by atoms with Crippen LogP contribution in [-0.2, 0) is 9.84 Å². The van der Waals surface area contributed by atoms with Crippen molar-refractivity contribution >= 4 is 33.4 Å². The molecule has 0 aliphatic rings. The van der Waals surface area contributed by atoms with Crippen LogP contribution in [-0.4, -0.2) is 79.4 Å². The van der Waals surface area contributed by atoms with Crippen molar-refractivity contribution in [2.45, 2.75) is 10.5 Å². The van der Waals surface area contributed by atoms with E-state index in [1.54, 1.807) is 128 Å². The van der Waals surface area contributed by atoms with Crippen molar-refractivity contribution in [2.24, 2.45) is 0 Å². The van der Waals surface area contributed by atoms with Crippen LogP contribution in [0, 0.1) is 0 Å². The zero-order chi connectivity index (χ0) is 38.7. The average molecular weight is 749 g/mol. The molecular weight excluding hydrogens is 701 g/mol. The Bertz CT molecular complexity index is 1860. The van der Waals surface area contributed by atoms with Crippen molar-refractivity contribution in [3.05, 3.63) is 95.1 Å². The Balaban J connectivity index is 2.04. The van der Waals surface area contributed by atoms with Crippen molar-refractivity contribution in [2.75, 3.05) is 81.6 Å². The predicted octanol–water partition coefficient (Wildman–Crippen LogP) is 7.46. The number of anilines is 2. The van der Waals surface area contributed by atoms with E-state index in [9.17, 15) is 0 Å². The molecule has 2 unspecified atom stereocenters. The molecule has 0 aliphatic heterocycles. The molecule has 0 amide bonds. The fraction of sp³-hybridized carbons (Fsp3) is 0.300. The lowest BCUT2D eigenvalue weighted by Gasteiger charge is -2.24. The van der Waals surface area contributed by atoms with Gasteiger partial charge in [0, 0.05) is 38.4 Å². The molecule has 0 bridgehead atoms. The molecule has 13 heteroatoms. The number of hydrogen-bond acceptors (Lipinski definition) is 12. The molecule has 0 aromatic heterocycles. The van der Waals surface area contributed by atoms with Gasteiger partial charge >= 0.3 is 0 Å². The van der Waals surface area contributed by atoms with E-state index < -0.39 is 20.3 Å². The van der Waals surface area contributed by atoms with Gasteiger partial charge in [0.1, 0.15) is 56.5 Å². The van der Waals surface area contributed by atoms with E-state index in [2.05, 4.69) is 10.6 Å². The standard InChI is InChI=1S/C40H48N2O10S/c1-41-31-19-25(11-15-33(31)47-5)39(17-13-29-35(49-7)21-27(45-3)22-36(29)50-8)53(43,44)40(26-12-16-34(48-6)32(20-26)42-2)18-14-30-37(51-9)23-28(46-4)24-38(30)52-10/h11-24,39-42H,1-10H3/b17-13+,18-14+. The van der Waals surface area contributed by atoms with Crippen LogP contribution < -0.4 is 48.5 Å². The molecule has 0 spiro atoms. The molecule has 0 radical (unpaired) electrons. The summed E-state index contributed by atoms with van der Waals surface area (Å²) in [6.07, 6.45) is 6.63. The molecular formula is C40H48N2O10S. The summed E-state index contributed by atoms with van der Waals surface area (Å²) in [5.74, 6) is 3.88. The summed E-state index contributed by atoms with van der Waals surface area (Å²) in [6, 6.07) is 17.3. The lowest BCUT2D eigenvalue weighted by Crippen LogP contribution is -2.19. The van der Waals surface area contributed by atoms with Gasteiger partial charge in [0.05, 0.1) is 79.4 Å². The molecule has 4 aromatic carbocycles. The minimum atomic E-state index is -4.23. The van der Waals surface area contributed by atoms with Gasteiger partial charge in [-0.1, -0.05) is 24.3 Å². The lowest BCUT2D eigenvalue weighted by molar-refractivity contribution is 0.374. The molecule has 4 rings (SSSR count). The monoisotopic (exact) mass is 748 g/mol. The second-order valence-electron chi connectivity index (χ2n) is 11.5.